The van der Waals surface area contributed by atoms with Crippen LogP contribution in [0.5, 0.6) is 0 Å². The van der Waals surface area contributed by atoms with E-state index >= 15 is 0 Å². The molecule has 0 aliphatic carbocycles. The molecule has 0 saturated carbocycles. The van der Waals surface area contributed by atoms with Gasteiger partial charge in [-0.15, -0.1) is 10.2 Å². The van der Waals surface area contributed by atoms with Crippen LogP contribution >= 0.6 is 35.0 Å². The maximum Gasteiger partial charge on any atom is 0.216 e. The third-order valence-corrected chi connectivity index (χ3v) is 5.91. The van der Waals surface area contributed by atoms with E-state index in [2.05, 4.69) is 22.4 Å². The van der Waals surface area contributed by atoms with E-state index in [0.717, 1.165) is 6.42 Å². The zero-order chi connectivity index (χ0) is 22.4. The highest BCUT2D eigenvalue weighted by Crippen LogP contribution is 2.27. The molecule has 0 aliphatic heterocycles. The summed E-state index contributed by atoms with van der Waals surface area (Å²) >= 11 is 13.7. The third kappa shape index (κ3) is 6.32. The maximum atomic E-state index is 12.7. The van der Waals surface area contributed by atoms with Crippen LogP contribution in [0.4, 0.5) is 0 Å². The molecule has 9 heteroatoms. The minimum atomic E-state index is -0.119. The summed E-state index contributed by atoms with van der Waals surface area (Å²) in [6.07, 6.45) is 1.39. The van der Waals surface area contributed by atoms with Gasteiger partial charge in [0.25, 0.3) is 0 Å². The SMILES string of the molecule is CCc1ccc(C(=O)CSc2nnc(CCNC(C)=O)n2-c2cc(Cl)cc(Cl)c2)cc1. The number of carbonyl (C=O) groups is 2. The molecule has 162 valence electrons. The first kappa shape index (κ1) is 23.3. The van der Waals surface area contributed by atoms with E-state index in [9.17, 15) is 9.59 Å². The highest BCUT2D eigenvalue weighted by molar-refractivity contribution is 7.99. The Balaban J connectivity index is 1.83. The summed E-state index contributed by atoms with van der Waals surface area (Å²) < 4.78 is 1.82. The van der Waals surface area contributed by atoms with Gasteiger partial charge in [0, 0.05) is 35.5 Å². The van der Waals surface area contributed by atoms with E-state index in [4.69, 9.17) is 23.2 Å². The number of nitrogens with zero attached hydrogens (tertiary/aromatic N) is 3. The molecule has 1 heterocycles. The molecule has 0 bridgehead atoms. The normalized spacial score (nSPS) is 10.8. The first-order chi connectivity index (χ1) is 14.9. The van der Waals surface area contributed by atoms with E-state index in [0.29, 0.717) is 45.2 Å². The van der Waals surface area contributed by atoms with E-state index in [1.165, 1.54) is 24.2 Å². The van der Waals surface area contributed by atoms with Gasteiger partial charge in [0.15, 0.2) is 10.9 Å². The minimum absolute atomic E-state index is 0.00567. The van der Waals surface area contributed by atoms with Gasteiger partial charge in [-0.3, -0.25) is 14.2 Å². The fourth-order valence-electron chi connectivity index (χ4n) is 2.97. The summed E-state index contributed by atoms with van der Waals surface area (Å²) in [6, 6.07) is 12.8. The Morgan fingerprint density at radius 2 is 1.74 bits per heavy atom. The summed E-state index contributed by atoms with van der Waals surface area (Å²) in [5.74, 6) is 0.732. The van der Waals surface area contributed by atoms with Crippen molar-refractivity contribution in [2.75, 3.05) is 12.3 Å². The van der Waals surface area contributed by atoms with Crippen molar-refractivity contribution in [3.05, 3.63) is 69.5 Å². The molecule has 1 N–H and O–H groups in total. The Kier molecular flexibility index (Phi) is 8.12. The monoisotopic (exact) mass is 476 g/mol. The van der Waals surface area contributed by atoms with Crippen LogP contribution in [0.1, 0.15) is 35.6 Å². The van der Waals surface area contributed by atoms with Gasteiger partial charge in [0.1, 0.15) is 5.82 Å². The topological polar surface area (TPSA) is 76.9 Å². The highest BCUT2D eigenvalue weighted by Gasteiger charge is 2.17. The number of amides is 1. The van der Waals surface area contributed by atoms with Crippen LogP contribution in [0.15, 0.2) is 47.6 Å². The van der Waals surface area contributed by atoms with Crippen LogP contribution in [0.2, 0.25) is 10.0 Å². The summed E-state index contributed by atoms with van der Waals surface area (Å²) in [4.78, 5) is 23.9. The van der Waals surface area contributed by atoms with Gasteiger partial charge in [0.05, 0.1) is 11.4 Å². The molecule has 0 spiro atoms. The largest absolute Gasteiger partial charge is 0.356 e. The summed E-state index contributed by atoms with van der Waals surface area (Å²) in [6.45, 7) is 3.95. The van der Waals surface area contributed by atoms with Gasteiger partial charge in [-0.05, 0) is 30.2 Å². The fourth-order valence-corrected chi connectivity index (χ4v) is 4.35. The molecule has 0 saturated heterocycles. The second kappa shape index (κ2) is 10.8. The quantitative estimate of drug-likeness (QED) is 0.354. The third-order valence-electron chi connectivity index (χ3n) is 4.54. The van der Waals surface area contributed by atoms with Crippen LogP contribution in [0, 0.1) is 0 Å². The number of hydrogen-bond donors (Lipinski definition) is 1. The zero-order valence-electron chi connectivity index (χ0n) is 17.2. The van der Waals surface area contributed by atoms with E-state index in [-0.39, 0.29) is 17.4 Å². The number of halogens is 2. The number of aromatic nitrogens is 3. The van der Waals surface area contributed by atoms with Crippen molar-refractivity contribution >= 4 is 46.7 Å². The molecule has 3 aromatic rings. The average Bonchev–Trinajstić information content (AvgIpc) is 3.14. The van der Waals surface area contributed by atoms with Crippen molar-refractivity contribution in [3.8, 4) is 5.69 Å². The van der Waals surface area contributed by atoms with Gasteiger partial charge in [0.2, 0.25) is 5.91 Å². The molecule has 1 aromatic heterocycles. The lowest BCUT2D eigenvalue weighted by Gasteiger charge is -2.11. The average molecular weight is 477 g/mol. The molecule has 3 rings (SSSR count). The summed E-state index contributed by atoms with van der Waals surface area (Å²) in [7, 11) is 0. The molecule has 31 heavy (non-hydrogen) atoms. The standard InChI is InChI=1S/C22H22Cl2N4O2S/c1-3-15-4-6-16(7-5-15)20(30)13-31-22-27-26-21(8-9-25-14(2)29)28(22)19-11-17(23)10-18(24)12-19/h4-7,10-12H,3,8-9,13H2,1-2H3,(H,25,29). The Hall–Kier alpha value is -2.35. The van der Waals surface area contributed by atoms with E-state index < -0.39 is 0 Å². The van der Waals surface area contributed by atoms with E-state index in [1.54, 1.807) is 18.2 Å². The summed E-state index contributed by atoms with van der Waals surface area (Å²) in [5, 5.41) is 12.8. The number of rotatable bonds is 9. The van der Waals surface area contributed by atoms with Gasteiger partial charge in [-0.25, -0.2) is 0 Å². The second-order valence-corrected chi connectivity index (χ2v) is 8.67. The van der Waals surface area contributed by atoms with Gasteiger partial charge >= 0.3 is 0 Å². The van der Waals surface area contributed by atoms with Crippen molar-refractivity contribution in [1.29, 1.82) is 0 Å². The van der Waals surface area contributed by atoms with Crippen LogP contribution < -0.4 is 5.32 Å². The number of carbonyl (C=O) groups excluding carboxylic acids is 2. The van der Waals surface area contributed by atoms with Crippen molar-refractivity contribution in [2.45, 2.75) is 31.8 Å². The van der Waals surface area contributed by atoms with Gasteiger partial charge < -0.3 is 5.32 Å². The Bertz CT molecular complexity index is 1060. The molecule has 2 aromatic carbocycles. The number of aryl methyl sites for hydroxylation is 1. The Morgan fingerprint density at radius 3 is 2.35 bits per heavy atom. The molecule has 0 fully saturated rings. The maximum absolute atomic E-state index is 12.7. The lowest BCUT2D eigenvalue weighted by atomic mass is 10.1. The number of Topliss-reactive ketones (excluding diaryl/α,β-unsaturated/α-hetero) is 1. The molecule has 0 unspecified atom stereocenters. The van der Waals surface area contributed by atoms with E-state index in [1.807, 2.05) is 28.8 Å². The van der Waals surface area contributed by atoms with Crippen LogP contribution in [0.3, 0.4) is 0 Å². The van der Waals surface area contributed by atoms with Crippen LogP contribution in [0.25, 0.3) is 5.69 Å². The number of ketones is 1. The van der Waals surface area contributed by atoms with Crippen molar-refractivity contribution < 1.29 is 9.59 Å². The fraction of sp³-hybridized carbons (Fsp3) is 0.273. The Labute approximate surface area is 195 Å². The molecular weight excluding hydrogens is 455 g/mol. The highest BCUT2D eigenvalue weighted by atomic mass is 35.5. The zero-order valence-corrected chi connectivity index (χ0v) is 19.5. The number of nitrogens with one attached hydrogen (secondary N) is 1. The number of thioether (sulfide) groups is 1. The first-order valence-corrected chi connectivity index (χ1v) is 11.5. The van der Waals surface area contributed by atoms with Crippen LogP contribution in [-0.2, 0) is 17.6 Å². The number of hydrogen-bond acceptors (Lipinski definition) is 5. The lowest BCUT2D eigenvalue weighted by molar-refractivity contribution is -0.118. The van der Waals surface area contributed by atoms with Gasteiger partial charge in [-0.1, -0.05) is 66.2 Å². The van der Waals surface area contributed by atoms with Crippen molar-refractivity contribution in [1.82, 2.24) is 20.1 Å². The molecule has 0 atom stereocenters. The number of benzene rings is 2. The smallest absolute Gasteiger partial charge is 0.216 e. The van der Waals surface area contributed by atoms with Crippen LogP contribution in [-0.4, -0.2) is 38.8 Å². The van der Waals surface area contributed by atoms with Crippen molar-refractivity contribution in [2.24, 2.45) is 0 Å². The first-order valence-electron chi connectivity index (χ1n) is 9.77. The van der Waals surface area contributed by atoms with Crippen molar-refractivity contribution in [3.63, 3.8) is 0 Å². The molecule has 6 nitrogen and oxygen atoms in total. The molecular formula is C22H22Cl2N4O2S. The Morgan fingerprint density at radius 1 is 1.06 bits per heavy atom. The van der Waals surface area contributed by atoms with Gasteiger partial charge in [-0.2, -0.15) is 0 Å². The predicted molar refractivity (Wildman–Crippen MR) is 125 cm³/mol. The molecule has 0 radical (unpaired) electrons. The molecule has 1 amide bonds. The predicted octanol–water partition coefficient (Wildman–Crippen LogP) is 4.79. The second-order valence-electron chi connectivity index (χ2n) is 6.86. The summed E-state index contributed by atoms with van der Waals surface area (Å²) in [5.41, 5.74) is 2.54. The molecule has 0 aliphatic rings. The lowest BCUT2D eigenvalue weighted by Crippen LogP contribution is -2.23. The minimum Gasteiger partial charge on any atom is -0.356 e.